The molecule has 0 aromatic heterocycles. The molecule has 0 aliphatic carbocycles. The number of aliphatic hydroxyl groups excluding tert-OH is 1. The van der Waals surface area contributed by atoms with Gasteiger partial charge in [0.2, 0.25) is 5.91 Å². The smallest absolute Gasteiger partial charge is 0.225 e. The lowest BCUT2D eigenvalue weighted by Crippen LogP contribution is -2.57. The summed E-state index contributed by atoms with van der Waals surface area (Å²) in [5, 5.41) is 12.7. The third-order valence-corrected chi connectivity index (χ3v) is 3.97. The highest BCUT2D eigenvalue weighted by Gasteiger charge is 2.38. The van der Waals surface area contributed by atoms with Crippen molar-refractivity contribution >= 4 is 5.91 Å². The second kappa shape index (κ2) is 5.77. The van der Waals surface area contributed by atoms with E-state index in [4.69, 9.17) is 4.74 Å². The number of nitrogens with one attached hydrogen (secondary N) is 1. The maximum atomic E-state index is 12.6. The zero-order valence-electron chi connectivity index (χ0n) is 12.2. The number of hydrogen-bond acceptors (Lipinski definition) is 4. The number of nitrogens with zero attached hydrogens (tertiary/aromatic N) is 1. The zero-order valence-corrected chi connectivity index (χ0v) is 12.2. The molecule has 0 bridgehead atoms. The number of aliphatic hydroxyl groups is 1. The van der Waals surface area contributed by atoms with Gasteiger partial charge in [-0.25, -0.2) is 0 Å². The van der Waals surface area contributed by atoms with Crippen LogP contribution in [0.4, 0.5) is 0 Å². The summed E-state index contributed by atoms with van der Waals surface area (Å²) in [5.41, 5.74) is -0.375. The Bertz CT molecular complexity index is 333. The van der Waals surface area contributed by atoms with E-state index >= 15 is 0 Å². The Morgan fingerprint density at radius 1 is 1.53 bits per heavy atom. The van der Waals surface area contributed by atoms with E-state index in [0.717, 1.165) is 19.4 Å². The highest BCUT2D eigenvalue weighted by molar-refractivity contribution is 5.79. The van der Waals surface area contributed by atoms with Crippen molar-refractivity contribution in [3.8, 4) is 0 Å². The summed E-state index contributed by atoms with van der Waals surface area (Å²) in [4.78, 5) is 14.5. The van der Waals surface area contributed by atoms with Crippen LogP contribution >= 0.6 is 0 Å². The van der Waals surface area contributed by atoms with Crippen molar-refractivity contribution in [2.24, 2.45) is 5.92 Å². The normalized spacial score (nSPS) is 35.2. The fourth-order valence-electron chi connectivity index (χ4n) is 3.17. The SMILES string of the molecule is CC1CC(C(=O)N2CC(CO)OC(C)(C)C2)CCN1. The quantitative estimate of drug-likeness (QED) is 0.761. The van der Waals surface area contributed by atoms with Crippen molar-refractivity contribution in [2.75, 3.05) is 26.2 Å². The molecule has 5 heteroatoms. The van der Waals surface area contributed by atoms with Gasteiger partial charge in [0.25, 0.3) is 0 Å². The number of carbonyl (C=O) groups is 1. The van der Waals surface area contributed by atoms with Crippen molar-refractivity contribution in [2.45, 2.75) is 51.4 Å². The maximum Gasteiger partial charge on any atom is 0.225 e. The lowest BCUT2D eigenvalue weighted by Gasteiger charge is -2.44. The molecule has 0 saturated carbocycles. The molecular weight excluding hydrogens is 244 g/mol. The minimum absolute atomic E-state index is 0.0319. The largest absolute Gasteiger partial charge is 0.394 e. The van der Waals surface area contributed by atoms with E-state index in [1.54, 1.807) is 0 Å². The van der Waals surface area contributed by atoms with Crippen LogP contribution < -0.4 is 5.32 Å². The number of amides is 1. The van der Waals surface area contributed by atoms with Crippen molar-refractivity contribution in [1.82, 2.24) is 10.2 Å². The standard InChI is InChI=1S/C14H26N2O3/c1-10-6-11(4-5-15-10)13(18)16-7-12(8-17)19-14(2,3)9-16/h10-12,15,17H,4-9H2,1-3H3. The molecule has 1 amide bonds. The van der Waals surface area contributed by atoms with E-state index in [0.29, 0.717) is 19.1 Å². The van der Waals surface area contributed by atoms with Crippen LogP contribution in [-0.2, 0) is 9.53 Å². The van der Waals surface area contributed by atoms with Gasteiger partial charge in [0.15, 0.2) is 0 Å². The zero-order chi connectivity index (χ0) is 14.0. The summed E-state index contributed by atoms with van der Waals surface area (Å²) in [6, 6.07) is 0.408. The fraction of sp³-hybridized carbons (Fsp3) is 0.929. The maximum absolute atomic E-state index is 12.6. The van der Waals surface area contributed by atoms with E-state index in [-0.39, 0.29) is 30.1 Å². The predicted octanol–water partition coefficient (Wildman–Crippen LogP) is 0.373. The fourth-order valence-corrected chi connectivity index (χ4v) is 3.17. The molecule has 2 aliphatic rings. The van der Waals surface area contributed by atoms with Gasteiger partial charge in [-0.05, 0) is 40.2 Å². The average Bonchev–Trinajstić information content (AvgIpc) is 2.36. The summed E-state index contributed by atoms with van der Waals surface area (Å²) in [5.74, 6) is 0.340. The second-order valence-electron chi connectivity index (χ2n) is 6.48. The lowest BCUT2D eigenvalue weighted by atomic mass is 9.91. The van der Waals surface area contributed by atoms with Crippen molar-refractivity contribution in [1.29, 1.82) is 0 Å². The van der Waals surface area contributed by atoms with E-state index in [1.807, 2.05) is 18.7 Å². The summed E-state index contributed by atoms with van der Waals surface area (Å²) in [6.07, 6.45) is 1.55. The molecule has 0 radical (unpaired) electrons. The Kier molecular flexibility index (Phi) is 4.48. The Morgan fingerprint density at radius 2 is 2.26 bits per heavy atom. The molecule has 5 nitrogen and oxygen atoms in total. The molecule has 0 aromatic carbocycles. The minimum atomic E-state index is -0.375. The minimum Gasteiger partial charge on any atom is -0.394 e. The molecule has 2 rings (SSSR count). The lowest BCUT2D eigenvalue weighted by molar-refractivity contribution is -0.170. The van der Waals surface area contributed by atoms with Crippen molar-refractivity contribution in [3.05, 3.63) is 0 Å². The van der Waals surface area contributed by atoms with Gasteiger partial charge in [-0.2, -0.15) is 0 Å². The van der Waals surface area contributed by atoms with Gasteiger partial charge in [-0.3, -0.25) is 4.79 Å². The molecule has 110 valence electrons. The number of morpholine rings is 1. The summed E-state index contributed by atoms with van der Waals surface area (Å²) in [7, 11) is 0. The second-order valence-corrected chi connectivity index (χ2v) is 6.48. The third-order valence-electron chi connectivity index (χ3n) is 3.97. The van der Waals surface area contributed by atoms with Gasteiger partial charge in [-0.1, -0.05) is 0 Å². The Balaban J connectivity index is 2.01. The first-order valence-electron chi connectivity index (χ1n) is 7.22. The Hall–Kier alpha value is -0.650. The molecule has 2 aliphatic heterocycles. The van der Waals surface area contributed by atoms with Gasteiger partial charge in [0, 0.05) is 25.0 Å². The monoisotopic (exact) mass is 270 g/mol. The van der Waals surface area contributed by atoms with Crippen LogP contribution in [0, 0.1) is 5.92 Å². The van der Waals surface area contributed by atoms with Gasteiger partial charge in [0.1, 0.15) is 0 Å². The molecule has 19 heavy (non-hydrogen) atoms. The first-order chi connectivity index (χ1) is 8.91. The van der Waals surface area contributed by atoms with Crippen LogP contribution in [0.5, 0.6) is 0 Å². The van der Waals surface area contributed by atoms with Crippen LogP contribution in [0.15, 0.2) is 0 Å². The molecule has 2 fully saturated rings. The number of rotatable bonds is 2. The highest BCUT2D eigenvalue weighted by Crippen LogP contribution is 2.25. The molecule has 2 saturated heterocycles. The summed E-state index contributed by atoms with van der Waals surface area (Å²) in [6.45, 7) is 8.07. The molecular formula is C14H26N2O3. The van der Waals surface area contributed by atoms with E-state index < -0.39 is 0 Å². The number of carbonyl (C=O) groups excluding carboxylic acids is 1. The molecule has 3 unspecified atom stereocenters. The van der Waals surface area contributed by atoms with Gasteiger partial charge >= 0.3 is 0 Å². The third kappa shape index (κ3) is 3.68. The van der Waals surface area contributed by atoms with Crippen LogP contribution in [0.1, 0.15) is 33.6 Å². The number of hydrogen-bond donors (Lipinski definition) is 2. The Labute approximate surface area is 115 Å². The molecule has 2 heterocycles. The van der Waals surface area contributed by atoms with Crippen molar-refractivity contribution < 1.29 is 14.6 Å². The molecule has 2 N–H and O–H groups in total. The topological polar surface area (TPSA) is 61.8 Å². The Morgan fingerprint density at radius 3 is 2.89 bits per heavy atom. The van der Waals surface area contributed by atoms with Crippen molar-refractivity contribution in [3.63, 3.8) is 0 Å². The van der Waals surface area contributed by atoms with E-state index in [2.05, 4.69) is 12.2 Å². The van der Waals surface area contributed by atoms with Gasteiger partial charge in [0.05, 0.1) is 18.3 Å². The molecule has 0 aromatic rings. The van der Waals surface area contributed by atoms with E-state index in [1.165, 1.54) is 0 Å². The molecule has 0 spiro atoms. The first kappa shape index (κ1) is 14.8. The predicted molar refractivity (Wildman–Crippen MR) is 72.8 cm³/mol. The summed E-state index contributed by atoms with van der Waals surface area (Å²) < 4.78 is 5.76. The number of ether oxygens (including phenoxy) is 1. The first-order valence-corrected chi connectivity index (χ1v) is 7.22. The highest BCUT2D eigenvalue weighted by atomic mass is 16.5. The van der Waals surface area contributed by atoms with Crippen LogP contribution in [0.2, 0.25) is 0 Å². The average molecular weight is 270 g/mol. The van der Waals surface area contributed by atoms with Crippen LogP contribution in [0.3, 0.4) is 0 Å². The van der Waals surface area contributed by atoms with Gasteiger partial charge < -0.3 is 20.1 Å². The molecule has 3 atom stereocenters. The van der Waals surface area contributed by atoms with Crippen LogP contribution in [-0.4, -0.2) is 59.9 Å². The van der Waals surface area contributed by atoms with E-state index in [9.17, 15) is 9.90 Å². The van der Waals surface area contributed by atoms with Crippen LogP contribution in [0.25, 0.3) is 0 Å². The number of piperidine rings is 1. The van der Waals surface area contributed by atoms with Gasteiger partial charge in [-0.15, -0.1) is 0 Å². The summed E-state index contributed by atoms with van der Waals surface area (Å²) >= 11 is 0.